The second-order valence-corrected chi connectivity index (χ2v) is 5.23. The fourth-order valence-corrected chi connectivity index (χ4v) is 2.85. The van der Waals surface area contributed by atoms with Crippen LogP contribution >= 0.6 is 23.3 Å². The van der Waals surface area contributed by atoms with Crippen molar-refractivity contribution in [2.45, 2.75) is 17.6 Å². The lowest BCUT2D eigenvalue weighted by molar-refractivity contribution is 1.34. The minimum absolute atomic E-state index is 0.813. The smallest absolute Gasteiger partial charge is 0.0514 e. The van der Waals surface area contributed by atoms with Crippen molar-refractivity contribution in [1.29, 1.82) is 0 Å². The van der Waals surface area contributed by atoms with Crippen LogP contribution in [0.5, 0.6) is 0 Å². The molecule has 2 aromatic rings. The normalized spacial score (nSPS) is 10.5. The third-order valence-corrected chi connectivity index (χ3v) is 4.06. The van der Waals surface area contributed by atoms with Crippen molar-refractivity contribution < 1.29 is 0 Å². The van der Waals surface area contributed by atoms with E-state index in [0.29, 0.717) is 0 Å². The summed E-state index contributed by atoms with van der Waals surface area (Å²) in [6.45, 7) is 2.02. The van der Waals surface area contributed by atoms with Crippen LogP contribution in [0.15, 0.2) is 35.2 Å². The second-order valence-electron chi connectivity index (χ2n) is 3.29. The number of thioether (sulfide) groups is 1. The Morgan fingerprint density at radius 1 is 1.33 bits per heavy atom. The lowest BCUT2D eigenvalue weighted by Gasteiger charge is -1.99. The molecule has 1 aromatic carbocycles. The molecule has 0 aliphatic heterocycles. The van der Waals surface area contributed by atoms with E-state index in [1.807, 2.05) is 43.0 Å². The van der Waals surface area contributed by atoms with Crippen molar-refractivity contribution in [3.8, 4) is 0 Å². The maximum absolute atomic E-state index is 5.62. The van der Waals surface area contributed by atoms with Gasteiger partial charge in [0.2, 0.25) is 0 Å². The fraction of sp³-hybridized carbons (Fsp3) is 0.182. The van der Waals surface area contributed by atoms with E-state index < -0.39 is 0 Å². The molecule has 0 amide bonds. The zero-order chi connectivity index (χ0) is 10.7. The van der Waals surface area contributed by atoms with E-state index in [4.69, 9.17) is 5.73 Å². The van der Waals surface area contributed by atoms with Crippen molar-refractivity contribution in [3.63, 3.8) is 0 Å². The van der Waals surface area contributed by atoms with E-state index in [0.717, 1.165) is 17.1 Å². The molecule has 2 nitrogen and oxygen atoms in total. The molecule has 1 heterocycles. The predicted octanol–water partition coefficient (Wildman–Crippen LogP) is 3.33. The average Bonchev–Trinajstić information content (AvgIpc) is 2.64. The third kappa shape index (κ3) is 2.97. The molecule has 1 aromatic heterocycles. The van der Waals surface area contributed by atoms with E-state index in [-0.39, 0.29) is 0 Å². The first-order chi connectivity index (χ1) is 7.24. The van der Waals surface area contributed by atoms with Gasteiger partial charge in [-0.25, -0.2) is 0 Å². The molecule has 0 aliphatic carbocycles. The molecule has 0 fully saturated rings. The number of nitrogen functional groups attached to an aromatic ring is 1. The summed E-state index contributed by atoms with van der Waals surface area (Å²) < 4.78 is 4.25. The maximum atomic E-state index is 5.62. The van der Waals surface area contributed by atoms with Crippen LogP contribution in [0.1, 0.15) is 10.6 Å². The van der Waals surface area contributed by atoms with Crippen molar-refractivity contribution in [3.05, 3.63) is 40.9 Å². The molecule has 0 radical (unpaired) electrons. The molecule has 0 unspecified atom stereocenters. The lowest BCUT2D eigenvalue weighted by atomic mass is 10.3. The van der Waals surface area contributed by atoms with E-state index >= 15 is 0 Å². The monoisotopic (exact) mass is 236 g/mol. The molecule has 0 saturated heterocycles. The van der Waals surface area contributed by atoms with Crippen molar-refractivity contribution in [2.75, 3.05) is 5.73 Å². The summed E-state index contributed by atoms with van der Waals surface area (Å²) in [7, 11) is 0. The fourth-order valence-electron chi connectivity index (χ4n) is 1.20. The minimum Gasteiger partial charge on any atom is -0.399 e. The van der Waals surface area contributed by atoms with Gasteiger partial charge < -0.3 is 5.73 Å². The number of anilines is 1. The number of benzene rings is 1. The Hall–Kier alpha value is -1.00. The SMILES string of the molecule is Cc1cc(CSc2ccc(N)cc2)sn1. The highest BCUT2D eigenvalue weighted by molar-refractivity contribution is 7.98. The molecule has 0 bridgehead atoms. The lowest BCUT2D eigenvalue weighted by Crippen LogP contribution is -1.82. The van der Waals surface area contributed by atoms with Crippen molar-refractivity contribution >= 4 is 29.0 Å². The topological polar surface area (TPSA) is 38.9 Å². The number of nitrogens with two attached hydrogens (primary N) is 1. The summed E-state index contributed by atoms with van der Waals surface area (Å²) in [6, 6.07) is 10.1. The standard InChI is InChI=1S/C11H12N2S2/c1-8-6-11(15-13-8)7-14-10-4-2-9(12)3-5-10/h2-6H,7,12H2,1H3. The summed E-state index contributed by atoms with van der Waals surface area (Å²) >= 11 is 3.39. The highest BCUT2D eigenvalue weighted by Crippen LogP contribution is 2.25. The highest BCUT2D eigenvalue weighted by Gasteiger charge is 1.99. The zero-order valence-corrected chi connectivity index (χ0v) is 10.1. The summed E-state index contributed by atoms with van der Waals surface area (Å²) in [5.41, 5.74) is 7.54. The van der Waals surface area contributed by atoms with E-state index in [1.165, 1.54) is 9.77 Å². The van der Waals surface area contributed by atoms with Crippen molar-refractivity contribution in [1.82, 2.24) is 4.37 Å². The van der Waals surface area contributed by atoms with Crippen LogP contribution in [-0.4, -0.2) is 4.37 Å². The molecule has 2 N–H and O–H groups in total. The van der Waals surface area contributed by atoms with Crippen LogP contribution < -0.4 is 5.73 Å². The number of hydrogen-bond acceptors (Lipinski definition) is 4. The molecule has 4 heteroatoms. The minimum atomic E-state index is 0.813. The highest BCUT2D eigenvalue weighted by atomic mass is 32.2. The zero-order valence-electron chi connectivity index (χ0n) is 8.43. The molecule has 78 valence electrons. The van der Waals surface area contributed by atoms with Gasteiger partial charge >= 0.3 is 0 Å². The summed E-state index contributed by atoms with van der Waals surface area (Å²) in [4.78, 5) is 2.56. The van der Waals surface area contributed by atoms with Gasteiger partial charge in [-0.1, -0.05) is 0 Å². The quantitative estimate of drug-likeness (QED) is 0.656. The Balaban J connectivity index is 1.96. The summed E-state index contributed by atoms with van der Waals surface area (Å²) in [5.74, 6) is 0.982. The first kappa shape index (κ1) is 10.5. The van der Waals surface area contributed by atoms with Crippen molar-refractivity contribution in [2.24, 2.45) is 0 Å². The van der Waals surface area contributed by atoms with Crippen LogP contribution in [0.3, 0.4) is 0 Å². The molecular formula is C11H12N2S2. The van der Waals surface area contributed by atoms with Crippen LogP contribution in [0.25, 0.3) is 0 Å². The Bertz CT molecular complexity index is 434. The predicted molar refractivity (Wildman–Crippen MR) is 67.3 cm³/mol. The summed E-state index contributed by atoms with van der Waals surface area (Å²) in [6.07, 6.45) is 0. The van der Waals surface area contributed by atoms with Crippen LogP contribution in [0.2, 0.25) is 0 Å². The van der Waals surface area contributed by atoms with Gasteiger partial charge in [-0.3, -0.25) is 0 Å². The van der Waals surface area contributed by atoms with Gasteiger partial charge in [0.1, 0.15) is 0 Å². The summed E-state index contributed by atoms with van der Waals surface area (Å²) in [5, 5.41) is 0. The Labute approximate surface area is 97.7 Å². The first-order valence-corrected chi connectivity index (χ1v) is 6.40. The number of hydrogen-bond donors (Lipinski definition) is 1. The van der Waals surface area contributed by atoms with Gasteiger partial charge in [0, 0.05) is 21.2 Å². The molecule has 0 saturated carbocycles. The maximum Gasteiger partial charge on any atom is 0.0514 e. The van der Waals surface area contributed by atoms with E-state index in [1.54, 1.807) is 11.5 Å². The molecule has 15 heavy (non-hydrogen) atoms. The molecule has 0 spiro atoms. The van der Waals surface area contributed by atoms with E-state index in [9.17, 15) is 0 Å². The first-order valence-electron chi connectivity index (χ1n) is 4.64. The average molecular weight is 236 g/mol. The number of nitrogens with zero attached hydrogens (tertiary/aromatic N) is 1. The molecular weight excluding hydrogens is 224 g/mol. The number of aryl methyl sites for hydroxylation is 1. The third-order valence-electron chi connectivity index (χ3n) is 1.94. The largest absolute Gasteiger partial charge is 0.399 e. The molecule has 0 atom stereocenters. The number of aromatic nitrogens is 1. The van der Waals surface area contributed by atoms with Gasteiger partial charge in [0.25, 0.3) is 0 Å². The van der Waals surface area contributed by atoms with Gasteiger partial charge in [0.15, 0.2) is 0 Å². The van der Waals surface area contributed by atoms with E-state index in [2.05, 4.69) is 10.4 Å². The Kier molecular flexibility index (Phi) is 3.28. The van der Waals surface area contributed by atoms with Crippen LogP contribution in [0.4, 0.5) is 5.69 Å². The van der Waals surface area contributed by atoms with Gasteiger partial charge in [-0.15, -0.1) is 11.8 Å². The van der Waals surface area contributed by atoms with Gasteiger partial charge in [0.05, 0.1) is 5.69 Å². The Morgan fingerprint density at radius 3 is 2.67 bits per heavy atom. The van der Waals surface area contributed by atoms with Crippen LogP contribution in [-0.2, 0) is 5.75 Å². The van der Waals surface area contributed by atoms with Gasteiger partial charge in [-0.05, 0) is 48.8 Å². The number of rotatable bonds is 3. The molecule has 2 rings (SSSR count). The van der Waals surface area contributed by atoms with Crippen LogP contribution in [0, 0.1) is 6.92 Å². The Morgan fingerprint density at radius 2 is 2.07 bits per heavy atom. The second kappa shape index (κ2) is 4.68. The molecule has 0 aliphatic rings. The van der Waals surface area contributed by atoms with Gasteiger partial charge in [-0.2, -0.15) is 4.37 Å².